The van der Waals surface area contributed by atoms with Crippen molar-refractivity contribution in [3.63, 3.8) is 0 Å². The summed E-state index contributed by atoms with van der Waals surface area (Å²) in [5.41, 5.74) is 1.50. The van der Waals surface area contributed by atoms with E-state index in [1.54, 1.807) is 0 Å². The van der Waals surface area contributed by atoms with Crippen LogP contribution in [0.4, 0.5) is 0 Å². The molecule has 0 aliphatic carbocycles. The summed E-state index contributed by atoms with van der Waals surface area (Å²) in [6.07, 6.45) is 0. The highest BCUT2D eigenvalue weighted by Crippen LogP contribution is 2.35. The van der Waals surface area contributed by atoms with Crippen molar-refractivity contribution in [2.45, 2.75) is 26.2 Å². The number of hydrogen-bond acceptors (Lipinski definition) is 0. The van der Waals surface area contributed by atoms with Crippen LogP contribution in [0.5, 0.6) is 0 Å². The molecule has 0 aliphatic heterocycles. The van der Waals surface area contributed by atoms with Crippen molar-refractivity contribution >= 4 is 39.8 Å². The zero-order chi connectivity index (χ0) is 17.2. The lowest BCUT2D eigenvalue weighted by Gasteiger charge is -2.24. The molecule has 122 valence electrons. The minimum atomic E-state index is -0.556. The maximum atomic E-state index is 3.73. The number of benzene rings is 3. The van der Waals surface area contributed by atoms with Gasteiger partial charge in [-0.2, -0.15) is 0 Å². The molecule has 0 spiro atoms. The predicted molar refractivity (Wildman–Crippen MR) is 112 cm³/mol. The van der Waals surface area contributed by atoms with Crippen molar-refractivity contribution in [1.29, 1.82) is 0 Å². The summed E-state index contributed by atoms with van der Waals surface area (Å²) in [7, 11) is -0.556. The Morgan fingerprint density at radius 3 is 1.62 bits per heavy atom. The summed E-state index contributed by atoms with van der Waals surface area (Å²) in [5.74, 6) is 0. The maximum absolute atomic E-state index is 3.73. The molecule has 3 aromatic carbocycles. The van der Waals surface area contributed by atoms with Crippen molar-refractivity contribution in [2.75, 3.05) is 0 Å². The van der Waals surface area contributed by atoms with E-state index in [1.165, 1.54) is 21.5 Å². The molecule has 0 nitrogen and oxygen atoms in total. The van der Waals surface area contributed by atoms with Crippen LogP contribution in [-0.4, -0.2) is 0 Å². The van der Waals surface area contributed by atoms with Crippen LogP contribution < -0.4 is 15.9 Å². The van der Waals surface area contributed by atoms with E-state index >= 15 is 0 Å². The van der Waals surface area contributed by atoms with Gasteiger partial charge in [0.05, 0.1) is 0 Å². The van der Waals surface area contributed by atoms with Gasteiger partial charge in [-0.25, -0.2) is 0 Å². The van der Waals surface area contributed by atoms with Crippen molar-refractivity contribution in [3.8, 4) is 0 Å². The van der Waals surface area contributed by atoms with Gasteiger partial charge in [0.1, 0.15) is 0 Å². The van der Waals surface area contributed by atoms with Gasteiger partial charge in [-0.05, 0) is 46.9 Å². The minimum Gasteiger partial charge on any atom is -0.0622 e. The molecule has 0 unspecified atom stereocenters. The first kappa shape index (κ1) is 17.4. The Balaban J connectivity index is 2.19. The molecule has 3 rings (SSSR count). The third kappa shape index (κ3) is 3.97. The van der Waals surface area contributed by atoms with Gasteiger partial charge < -0.3 is 0 Å². The van der Waals surface area contributed by atoms with Gasteiger partial charge in [-0.15, -0.1) is 0 Å². The molecule has 0 radical (unpaired) electrons. The molecule has 0 aromatic heterocycles. The Bertz CT molecular complexity index is 765. The fourth-order valence-electron chi connectivity index (χ4n) is 2.74. The second-order valence-corrected chi connectivity index (χ2v) is 10.1. The van der Waals surface area contributed by atoms with Gasteiger partial charge >= 0.3 is 0 Å². The quantitative estimate of drug-likeness (QED) is 0.512. The summed E-state index contributed by atoms with van der Waals surface area (Å²) in [6, 6.07) is 28.6. The highest BCUT2D eigenvalue weighted by Gasteiger charge is 2.20. The first-order chi connectivity index (χ1) is 11.4. The van der Waals surface area contributed by atoms with Crippen molar-refractivity contribution in [3.05, 3.63) is 88.9 Å². The predicted octanol–water partition coefficient (Wildman–Crippen LogP) is 5.50. The molecule has 0 aliphatic rings. The maximum Gasteiger partial charge on any atom is 0.0184 e. The average Bonchev–Trinajstić information content (AvgIpc) is 2.56. The third-order valence-corrected chi connectivity index (χ3v) is 6.90. The van der Waals surface area contributed by atoms with Gasteiger partial charge in [-0.1, -0.05) is 103 Å². The molecule has 0 saturated carbocycles. The fourth-order valence-corrected chi connectivity index (χ4v) is 5.78. The summed E-state index contributed by atoms with van der Waals surface area (Å²) in [5, 5.41) is 4.16. The Morgan fingerprint density at radius 2 is 1.17 bits per heavy atom. The largest absolute Gasteiger partial charge is 0.0622 e. The average molecular weight is 397 g/mol. The van der Waals surface area contributed by atoms with E-state index in [0.29, 0.717) is 0 Å². The first-order valence-corrected chi connectivity index (χ1v) is 10.3. The van der Waals surface area contributed by atoms with E-state index in [-0.39, 0.29) is 5.41 Å². The van der Waals surface area contributed by atoms with Gasteiger partial charge in [0, 0.05) is 4.47 Å². The molecule has 0 bridgehead atoms. The van der Waals surface area contributed by atoms with E-state index in [9.17, 15) is 0 Å². The summed E-state index contributed by atoms with van der Waals surface area (Å²) < 4.78 is 1.16. The second kappa shape index (κ2) is 7.21. The third-order valence-electron chi connectivity index (χ3n) is 4.04. The topological polar surface area (TPSA) is 0 Å². The highest BCUT2D eigenvalue weighted by molar-refractivity contribution is 9.10. The Morgan fingerprint density at radius 1 is 0.667 bits per heavy atom. The number of halogens is 1. The van der Waals surface area contributed by atoms with Crippen molar-refractivity contribution in [1.82, 2.24) is 0 Å². The summed E-state index contributed by atoms with van der Waals surface area (Å²) in [6.45, 7) is 6.81. The smallest absolute Gasteiger partial charge is 0.0184 e. The Hall–Kier alpha value is -1.43. The molecule has 0 atom stereocenters. The molecule has 24 heavy (non-hydrogen) atoms. The van der Waals surface area contributed by atoms with Gasteiger partial charge in [-0.3, -0.25) is 0 Å². The van der Waals surface area contributed by atoms with E-state index in [0.717, 1.165) is 4.47 Å². The molecule has 0 N–H and O–H groups in total. The lowest BCUT2D eigenvalue weighted by Crippen LogP contribution is -2.22. The van der Waals surface area contributed by atoms with Crippen LogP contribution in [0.3, 0.4) is 0 Å². The molecule has 0 fully saturated rings. The molecule has 2 heteroatoms. The monoisotopic (exact) mass is 396 g/mol. The van der Waals surface area contributed by atoms with Crippen LogP contribution in [-0.2, 0) is 5.41 Å². The van der Waals surface area contributed by atoms with Crippen molar-refractivity contribution in [2.24, 2.45) is 0 Å². The van der Waals surface area contributed by atoms with E-state index in [4.69, 9.17) is 0 Å². The van der Waals surface area contributed by atoms with Crippen LogP contribution in [0.25, 0.3) is 0 Å². The molecule has 0 saturated heterocycles. The zero-order valence-corrected chi connectivity index (χ0v) is 16.8. The Kier molecular flexibility index (Phi) is 5.23. The van der Waals surface area contributed by atoms with Crippen LogP contribution in [0.15, 0.2) is 83.3 Å². The number of rotatable bonds is 3. The highest BCUT2D eigenvalue weighted by atomic mass is 79.9. The first-order valence-electron chi connectivity index (χ1n) is 8.16. The normalized spacial score (nSPS) is 11.7. The Labute approximate surface area is 154 Å². The van der Waals surface area contributed by atoms with Crippen LogP contribution >= 0.6 is 23.9 Å². The van der Waals surface area contributed by atoms with Gasteiger partial charge in [0.2, 0.25) is 0 Å². The standard InChI is InChI=1S/C22H22BrP/c1-22(2,3)17-14-18(23)16-21(15-17)24(19-10-6-4-7-11-19)20-12-8-5-9-13-20/h4-16H,1-3H3. The molecule has 0 amide bonds. The van der Waals surface area contributed by atoms with E-state index in [2.05, 4.69) is 116 Å². The molecular weight excluding hydrogens is 375 g/mol. The lowest BCUT2D eigenvalue weighted by molar-refractivity contribution is 0.590. The lowest BCUT2D eigenvalue weighted by atomic mass is 9.87. The van der Waals surface area contributed by atoms with Crippen LogP contribution in [0.1, 0.15) is 26.3 Å². The summed E-state index contributed by atoms with van der Waals surface area (Å²) >= 11 is 3.73. The van der Waals surface area contributed by atoms with E-state index in [1.807, 2.05) is 0 Å². The fraction of sp³-hybridized carbons (Fsp3) is 0.182. The molecular formula is C22H22BrP. The van der Waals surface area contributed by atoms with Crippen molar-refractivity contribution < 1.29 is 0 Å². The SMILES string of the molecule is CC(C)(C)c1cc(Br)cc(P(c2ccccc2)c2ccccc2)c1. The van der Waals surface area contributed by atoms with Gasteiger partial charge in [0.15, 0.2) is 0 Å². The summed E-state index contributed by atoms with van der Waals surface area (Å²) in [4.78, 5) is 0. The van der Waals surface area contributed by atoms with E-state index < -0.39 is 7.92 Å². The molecule has 3 aromatic rings. The second-order valence-electron chi connectivity index (χ2n) is 6.95. The zero-order valence-electron chi connectivity index (χ0n) is 14.3. The number of hydrogen-bond donors (Lipinski definition) is 0. The van der Waals surface area contributed by atoms with Crippen LogP contribution in [0, 0.1) is 0 Å². The van der Waals surface area contributed by atoms with Gasteiger partial charge in [0.25, 0.3) is 0 Å². The van der Waals surface area contributed by atoms with Crippen LogP contribution in [0.2, 0.25) is 0 Å². The molecule has 0 heterocycles. The minimum absolute atomic E-state index is 0.132.